The number of carboxylic acids is 1. The number of methoxy groups -OCH3 is 1. The molecule has 0 aliphatic rings. The van der Waals surface area contributed by atoms with Crippen LogP contribution in [0.15, 0.2) is 67.0 Å². The minimum absolute atomic E-state index is 0.769. The van der Waals surface area contributed by atoms with E-state index in [4.69, 9.17) is 9.84 Å². The lowest BCUT2D eigenvalue weighted by Gasteiger charge is -2.08. The Labute approximate surface area is 123 Å². The number of aliphatic carboxylic acids is 1. The first-order valence-electron chi connectivity index (χ1n) is 6.37. The van der Waals surface area contributed by atoms with Crippen LogP contribution in [-0.2, 0) is 4.79 Å². The van der Waals surface area contributed by atoms with Crippen LogP contribution in [0.4, 0.5) is 0 Å². The number of pyridine rings is 1. The second kappa shape index (κ2) is 7.05. The molecule has 0 aliphatic carbocycles. The van der Waals surface area contributed by atoms with Gasteiger partial charge in [-0.15, -0.1) is 0 Å². The van der Waals surface area contributed by atoms with E-state index in [9.17, 15) is 4.79 Å². The maximum Gasteiger partial charge on any atom is 0.328 e. The van der Waals surface area contributed by atoms with Crippen LogP contribution >= 0.6 is 0 Å². The van der Waals surface area contributed by atoms with E-state index >= 15 is 0 Å². The molecule has 0 aliphatic heterocycles. The lowest BCUT2D eigenvalue weighted by atomic mass is 9.99. The summed E-state index contributed by atoms with van der Waals surface area (Å²) in [5.74, 6) is -0.211. The highest BCUT2D eigenvalue weighted by Gasteiger charge is 2.04. The van der Waals surface area contributed by atoms with Crippen LogP contribution in [0.1, 0.15) is 11.1 Å². The lowest BCUT2D eigenvalue weighted by Crippen LogP contribution is -1.90. The number of ether oxygens (including phenoxy) is 1. The number of rotatable bonds is 5. The first-order chi connectivity index (χ1) is 10.2. The van der Waals surface area contributed by atoms with E-state index in [0.717, 1.165) is 28.5 Å². The number of hydrogen-bond donors (Lipinski definition) is 1. The summed E-state index contributed by atoms with van der Waals surface area (Å²) in [7, 11) is 1.61. The predicted molar refractivity (Wildman–Crippen MR) is 81.1 cm³/mol. The molecule has 0 fully saturated rings. The summed E-state index contributed by atoms with van der Waals surface area (Å²) in [5.41, 5.74) is 2.76. The monoisotopic (exact) mass is 281 g/mol. The standard InChI is InChI=1S/C17H15NO3/c1-21-15-9-7-13(8-10-15)16(5-2-6-17(19)20)14-4-3-11-18-12-14/h2-12H,1H3,(H,19,20)/b6-2+,16-5+. The van der Waals surface area contributed by atoms with Crippen molar-refractivity contribution in [1.82, 2.24) is 4.98 Å². The van der Waals surface area contributed by atoms with Crippen LogP contribution in [0, 0.1) is 0 Å². The summed E-state index contributed by atoms with van der Waals surface area (Å²) >= 11 is 0. The summed E-state index contributed by atoms with van der Waals surface area (Å²) < 4.78 is 5.14. The lowest BCUT2D eigenvalue weighted by molar-refractivity contribution is -0.131. The molecule has 1 heterocycles. The van der Waals surface area contributed by atoms with Gasteiger partial charge >= 0.3 is 5.97 Å². The number of allylic oxidation sites excluding steroid dienone is 2. The van der Waals surface area contributed by atoms with Crippen molar-refractivity contribution >= 4 is 11.5 Å². The van der Waals surface area contributed by atoms with Gasteiger partial charge in [0.1, 0.15) is 5.75 Å². The molecule has 2 rings (SSSR count). The van der Waals surface area contributed by atoms with Crippen molar-refractivity contribution in [2.75, 3.05) is 7.11 Å². The Morgan fingerprint density at radius 2 is 1.95 bits per heavy atom. The molecule has 0 atom stereocenters. The van der Waals surface area contributed by atoms with Gasteiger partial charge in [-0.25, -0.2) is 4.79 Å². The Morgan fingerprint density at radius 1 is 1.19 bits per heavy atom. The molecule has 0 bridgehead atoms. The summed E-state index contributed by atoms with van der Waals surface area (Å²) in [6.07, 6.45) is 7.80. The molecular formula is C17H15NO3. The Bertz CT molecular complexity index is 658. The average Bonchev–Trinajstić information content (AvgIpc) is 2.52. The van der Waals surface area contributed by atoms with Gasteiger partial charge in [0, 0.05) is 24.0 Å². The van der Waals surface area contributed by atoms with Crippen molar-refractivity contribution in [3.05, 3.63) is 78.1 Å². The van der Waals surface area contributed by atoms with Crippen LogP contribution in [0.5, 0.6) is 5.75 Å². The predicted octanol–water partition coefficient (Wildman–Crippen LogP) is 3.16. The highest BCUT2D eigenvalue weighted by atomic mass is 16.5. The Hall–Kier alpha value is -2.88. The van der Waals surface area contributed by atoms with Crippen molar-refractivity contribution in [3.8, 4) is 5.75 Å². The zero-order chi connectivity index (χ0) is 15.1. The van der Waals surface area contributed by atoms with Gasteiger partial charge in [-0.1, -0.05) is 30.4 Å². The number of carbonyl (C=O) groups is 1. The second-order valence-corrected chi connectivity index (χ2v) is 4.25. The third kappa shape index (κ3) is 4.04. The van der Waals surface area contributed by atoms with Crippen molar-refractivity contribution < 1.29 is 14.6 Å². The molecule has 21 heavy (non-hydrogen) atoms. The fraction of sp³-hybridized carbons (Fsp3) is 0.0588. The molecule has 2 aromatic rings. The van der Waals surface area contributed by atoms with Crippen LogP contribution in [0.2, 0.25) is 0 Å². The summed E-state index contributed by atoms with van der Waals surface area (Å²) in [4.78, 5) is 14.7. The third-order valence-electron chi connectivity index (χ3n) is 2.88. The molecule has 0 unspecified atom stereocenters. The van der Waals surface area contributed by atoms with Crippen molar-refractivity contribution in [2.45, 2.75) is 0 Å². The number of nitrogens with zero attached hydrogens (tertiary/aromatic N) is 1. The SMILES string of the molecule is COc1ccc(/C(=C\C=C\C(=O)O)c2cccnc2)cc1. The maximum absolute atomic E-state index is 10.6. The van der Waals surface area contributed by atoms with Crippen LogP contribution in [0.25, 0.3) is 5.57 Å². The van der Waals surface area contributed by atoms with Crippen molar-refractivity contribution in [2.24, 2.45) is 0 Å². The fourth-order valence-electron chi connectivity index (χ4n) is 1.88. The first-order valence-corrected chi connectivity index (χ1v) is 6.37. The molecule has 0 amide bonds. The average molecular weight is 281 g/mol. The molecule has 0 spiro atoms. The molecular weight excluding hydrogens is 266 g/mol. The van der Waals surface area contributed by atoms with E-state index in [2.05, 4.69) is 4.98 Å². The molecule has 4 nitrogen and oxygen atoms in total. The van der Waals surface area contributed by atoms with Gasteiger partial charge in [0.25, 0.3) is 0 Å². The van der Waals surface area contributed by atoms with E-state index in [1.807, 2.05) is 36.4 Å². The largest absolute Gasteiger partial charge is 0.497 e. The molecule has 4 heteroatoms. The number of carboxylic acid groups (broad SMARTS) is 1. The topological polar surface area (TPSA) is 59.4 Å². The van der Waals surface area contributed by atoms with E-state index in [0.29, 0.717) is 0 Å². The van der Waals surface area contributed by atoms with E-state index in [-0.39, 0.29) is 0 Å². The van der Waals surface area contributed by atoms with Gasteiger partial charge in [-0.3, -0.25) is 4.98 Å². The zero-order valence-electron chi connectivity index (χ0n) is 11.6. The number of benzene rings is 1. The quantitative estimate of drug-likeness (QED) is 0.675. The summed E-state index contributed by atoms with van der Waals surface area (Å²) in [5, 5.41) is 8.69. The maximum atomic E-state index is 10.6. The third-order valence-corrected chi connectivity index (χ3v) is 2.88. The fourth-order valence-corrected chi connectivity index (χ4v) is 1.88. The highest BCUT2D eigenvalue weighted by molar-refractivity contribution is 5.83. The van der Waals surface area contributed by atoms with Gasteiger partial charge in [0.2, 0.25) is 0 Å². The van der Waals surface area contributed by atoms with Gasteiger partial charge in [0.15, 0.2) is 0 Å². The van der Waals surface area contributed by atoms with Crippen molar-refractivity contribution in [1.29, 1.82) is 0 Å². The smallest absolute Gasteiger partial charge is 0.328 e. The first kappa shape index (κ1) is 14.5. The zero-order valence-corrected chi connectivity index (χ0v) is 11.6. The molecule has 0 radical (unpaired) electrons. The van der Waals surface area contributed by atoms with E-state index in [1.165, 1.54) is 6.08 Å². The molecule has 0 saturated heterocycles. The van der Waals surface area contributed by atoms with E-state index in [1.54, 1.807) is 25.6 Å². The molecule has 106 valence electrons. The highest BCUT2D eigenvalue weighted by Crippen LogP contribution is 2.24. The normalized spacial score (nSPS) is 11.6. The van der Waals surface area contributed by atoms with Gasteiger partial charge in [0.05, 0.1) is 7.11 Å². The Morgan fingerprint density at radius 3 is 2.52 bits per heavy atom. The second-order valence-electron chi connectivity index (χ2n) is 4.25. The summed E-state index contributed by atoms with van der Waals surface area (Å²) in [6.45, 7) is 0. The van der Waals surface area contributed by atoms with Gasteiger partial charge in [-0.05, 0) is 29.3 Å². The minimum atomic E-state index is -0.980. The Kier molecular flexibility index (Phi) is 4.88. The van der Waals surface area contributed by atoms with Gasteiger partial charge < -0.3 is 9.84 Å². The van der Waals surface area contributed by atoms with Crippen molar-refractivity contribution in [3.63, 3.8) is 0 Å². The number of hydrogen-bond acceptors (Lipinski definition) is 3. The minimum Gasteiger partial charge on any atom is -0.497 e. The van der Waals surface area contributed by atoms with Crippen LogP contribution in [-0.4, -0.2) is 23.2 Å². The Balaban J connectivity index is 2.42. The summed E-state index contributed by atoms with van der Waals surface area (Å²) in [6, 6.07) is 11.3. The molecule has 1 aromatic carbocycles. The molecule has 0 saturated carbocycles. The number of aromatic nitrogens is 1. The molecule has 1 N–H and O–H groups in total. The molecule has 1 aromatic heterocycles. The van der Waals surface area contributed by atoms with E-state index < -0.39 is 5.97 Å². The van der Waals surface area contributed by atoms with Gasteiger partial charge in [-0.2, -0.15) is 0 Å². The van der Waals surface area contributed by atoms with Crippen LogP contribution < -0.4 is 4.74 Å². The van der Waals surface area contributed by atoms with Crippen LogP contribution in [0.3, 0.4) is 0 Å².